The highest BCUT2D eigenvalue weighted by molar-refractivity contribution is 6.04. The van der Waals surface area contributed by atoms with Crippen LogP contribution < -0.4 is 5.73 Å². The third-order valence-corrected chi connectivity index (χ3v) is 3.74. The number of amides is 1. The SMILES string of the molecule is NC(=O)c1ccnccnccncccc2cnc3ccccc3c2c[nH]1. The highest BCUT2D eigenvalue weighted by atomic mass is 16.1. The van der Waals surface area contributed by atoms with Crippen LogP contribution >= 0.6 is 0 Å². The average Bonchev–Trinajstić information content (AvgIpc) is 2.71. The standard InChI is InChI=1S/C21H18N6O/c22-21(28)20-7-9-24-11-13-25-12-10-23-8-3-4-16-14-26-19-6-2-1-5-17(19)18(16)15-27-20/h1-15,27H,(H2,22,28). The van der Waals surface area contributed by atoms with Gasteiger partial charge in [0.25, 0.3) is 5.91 Å². The van der Waals surface area contributed by atoms with Crippen LogP contribution in [0.4, 0.5) is 0 Å². The zero-order valence-electron chi connectivity index (χ0n) is 14.9. The van der Waals surface area contributed by atoms with Gasteiger partial charge in [0.15, 0.2) is 0 Å². The van der Waals surface area contributed by atoms with Gasteiger partial charge in [-0.2, -0.15) is 0 Å². The van der Waals surface area contributed by atoms with E-state index in [2.05, 4.69) is 24.9 Å². The van der Waals surface area contributed by atoms with Crippen molar-refractivity contribution in [3.63, 3.8) is 0 Å². The summed E-state index contributed by atoms with van der Waals surface area (Å²) in [6.45, 7) is 0. The third kappa shape index (κ3) is 4.95. The van der Waals surface area contributed by atoms with E-state index in [9.17, 15) is 4.79 Å². The van der Waals surface area contributed by atoms with E-state index in [4.69, 9.17) is 5.73 Å². The number of para-hydroxylation sites is 1. The monoisotopic (exact) mass is 370 g/mol. The van der Waals surface area contributed by atoms with Crippen LogP contribution in [0.3, 0.4) is 0 Å². The van der Waals surface area contributed by atoms with Gasteiger partial charge in [0.2, 0.25) is 0 Å². The first-order chi connectivity index (χ1) is 13.8. The molecule has 1 amide bonds. The Kier molecular flexibility index (Phi) is 6.35. The number of rotatable bonds is 1. The van der Waals surface area contributed by atoms with Gasteiger partial charge in [-0.05, 0) is 18.2 Å². The molecule has 0 unspecified atom stereocenters. The third-order valence-electron chi connectivity index (χ3n) is 3.74. The first-order valence-corrected chi connectivity index (χ1v) is 8.46. The molecule has 7 heteroatoms. The molecule has 7 nitrogen and oxygen atoms in total. The maximum atomic E-state index is 11.7. The van der Waals surface area contributed by atoms with Crippen molar-refractivity contribution in [1.29, 1.82) is 0 Å². The van der Waals surface area contributed by atoms with Gasteiger partial charge in [-0.1, -0.05) is 24.3 Å². The number of nitrogens with one attached hydrogen (secondary N) is 1. The lowest BCUT2D eigenvalue weighted by Gasteiger charge is -2.00. The molecule has 0 saturated carbocycles. The number of aromatic nitrogens is 5. The fourth-order valence-electron chi connectivity index (χ4n) is 2.44. The van der Waals surface area contributed by atoms with Gasteiger partial charge in [-0.25, -0.2) is 0 Å². The summed E-state index contributed by atoms with van der Waals surface area (Å²) < 4.78 is 0. The van der Waals surface area contributed by atoms with Crippen molar-refractivity contribution in [2.45, 2.75) is 0 Å². The second-order valence-electron chi connectivity index (χ2n) is 5.58. The van der Waals surface area contributed by atoms with Crippen LogP contribution in [-0.4, -0.2) is 30.8 Å². The molecule has 3 aromatic rings. The van der Waals surface area contributed by atoms with Crippen LogP contribution in [0.25, 0.3) is 21.7 Å². The van der Waals surface area contributed by atoms with Crippen molar-refractivity contribution in [2.75, 3.05) is 0 Å². The Bertz CT molecular complexity index is 1170. The van der Waals surface area contributed by atoms with Crippen LogP contribution in [0.2, 0.25) is 0 Å². The smallest absolute Gasteiger partial charge is 0.265 e. The quantitative estimate of drug-likeness (QED) is 0.682. The summed E-state index contributed by atoms with van der Waals surface area (Å²) in [5.41, 5.74) is 6.51. The van der Waals surface area contributed by atoms with Gasteiger partial charge in [-0.15, -0.1) is 0 Å². The molecule has 0 atom stereocenters. The van der Waals surface area contributed by atoms with E-state index in [0.29, 0.717) is 0 Å². The number of nitrogens with zero attached hydrogens (tertiary/aromatic N) is 4. The topological polar surface area (TPSA) is 110 Å². The molecule has 1 aromatic carbocycles. The predicted molar refractivity (Wildman–Crippen MR) is 108 cm³/mol. The molecule has 0 saturated heterocycles. The molecule has 3 N–H and O–H groups in total. The maximum absolute atomic E-state index is 11.7. The summed E-state index contributed by atoms with van der Waals surface area (Å²) in [7, 11) is 0. The number of carbonyl (C=O) groups excluding carboxylic acids is 1. The lowest BCUT2D eigenvalue weighted by atomic mass is 10.1. The molecule has 0 fully saturated rings. The molecule has 28 heavy (non-hydrogen) atoms. The van der Waals surface area contributed by atoms with Crippen LogP contribution in [-0.2, 0) is 0 Å². The number of primary amides is 1. The molecule has 0 spiro atoms. The number of fused-ring (bicyclic) bond motifs is 3. The van der Waals surface area contributed by atoms with Gasteiger partial charge in [-0.3, -0.25) is 24.7 Å². The minimum atomic E-state index is -0.597. The minimum absolute atomic E-state index is 0.204. The summed E-state index contributed by atoms with van der Waals surface area (Å²) in [4.78, 5) is 31.3. The first-order valence-electron chi connectivity index (χ1n) is 8.46. The van der Waals surface area contributed by atoms with E-state index in [0.717, 1.165) is 21.7 Å². The number of H-pyrrole nitrogens is 1. The molecule has 2 heterocycles. The Hall–Kier alpha value is -4.13. The van der Waals surface area contributed by atoms with Gasteiger partial charge >= 0.3 is 0 Å². The molecule has 138 valence electrons. The number of hydrogen-bond donors (Lipinski definition) is 2. The Morgan fingerprint density at radius 2 is 1.50 bits per heavy atom. The van der Waals surface area contributed by atoms with E-state index in [1.807, 2.05) is 30.3 Å². The fraction of sp³-hybridized carbons (Fsp3) is 0. The number of aromatic amines is 1. The lowest BCUT2D eigenvalue weighted by Crippen LogP contribution is -2.11. The molecular formula is C21H18N6O. The molecule has 2 aromatic heterocycles. The summed E-state index contributed by atoms with van der Waals surface area (Å²) >= 11 is 0. The predicted octanol–water partition coefficient (Wildman–Crippen LogP) is 3.37. The highest BCUT2D eigenvalue weighted by Gasteiger charge is 1.99. The lowest BCUT2D eigenvalue weighted by molar-refractivity contribution is 0.0995. The van der Waals surface area contributed by atoms with Crippen molar-refractivity contribution < 1.29 is 4.79 Å². The molecule has 3 rings (SSSR count). The van der Waals surface area contributed by atoms with Crippen molar-refractivity contribution in [3.8, 4) is 0 Å². The van der Waals surface area contributed by atoms with Crippen LogP contribution in [0.5, 0.6) is 0 Å². The number of benzene rings is 1. The Morgan fingerprint density at radius 3 is 2.29 bits per heavy atom. The van der Waals surface area contributed by atoms with Gasteiger partial charge in [0.05, 0.1) is 5.52 Å². The van der Waals surface area contributed by atoms with Crippen molar-refractivity contribution >= 4 is 27.6 Å². The van der Waals surface area contributed by atoms with Crippen molar-refractivity contribution in [3.05, 3.63) is 97.7 Å². The van der Waals surface area contributed by atoms with Crippen molar-refractivity contribution in [1.82, 2.24) is 24.9 Å². The van der Waals surface area contributed by atoms with E-state index in [1.165, 1.54) is 30.9 Å². The molecule has 0 aliphatic heterocycles. The number of pyridine rings is 1. The van der Waals surface area contributed by atoms with Gasteiger partial charge in [0.1, 0.15) is 5.69 Å². The highest BCUT2D eigenvalue weighted by Crippen LogP contribution is 2.20. The summed E-state index contributed by atoms with van der Waals surface area (Å²) in [6, 6.07) is 12.9. The maximum Gasteiger partial charge on any atom is 0.265 e. The fourth-order valence-corrected chi connectivity index (χ4v) is 2.44. The normalized spacial score (nSPS) is 9.71. The van der Waals surface area contributed by atoms with Crippen molar-refractivity contribution in [2.24, 2.45) is 5.73 Å². The van der Waals surface area contributed by atoms with E-state index >= 15 is 0 Å². The van der Waals surface area contributed by atoms with E-state index < -0.39 is 5.91 Å². The second-order valence-corrected chi connectivity index (χ2v) is 5.58. The molecule has 0 bridgehead atoms. The largest absolute Gasteiger partial charge is 0.364 e. The zero-order valence-corrected chi connectivity index (χ0v) is 14.9. The Labute approximate surface area is 161 Å². The molecule has 0 radical (unpaired) electrons. The Balaban J connectivity index is 2.38. The van der Waals surface area contributed by atoms with Crippen LogP contribution in [0.15, 0.2) is 92.0 Å². The number of nitrogens with two attached hydrogens (primary N) is 1. The first kappa shape index (κ1) is 18.7. The van der Waals surface area contributed by atoms with E-state index in [-0.39, 0.29) is 5.69 Å². The zero-order chi connectivity index (χ0) is 19.6. The molecule has 0 aliphatic rings. The summed E-state index contributed by atoms with van der Waals surface area (Å²) in [5, 5.41) is 2.66. The molecular weight excluding hydrogens is 352 g/mol. The summed E-state index contributed by atoms with van der Waals surface area (Å²) in [6.07, 6.45) is 12.7. The van der Waals surface area contributed by atoms with Gasteiger partial charge < -0.3 is 10.7 Å². The summed E-state index contributed by atoms with van der Waals surface area (Å²) in [5.74, 6) is -0.597. The molecule has 0 aliphatic carbocycles. The number of carbonyl (C=O) groups is 1. The van der Waals surface area contributed by atoms with Crippen LogP contribution in [0.1, 0.15) is 10.5 Å². The number of hydrogen-bond acceptors (Lipinski definition) is 5. The van der Waals surface area contributed by atoms with E-state index in [1.54, 1.807) is 30.9 Å². The minimum Gasteiger partial charge on any atom is -0.364 e. The Morgan fingerprint density at radius 1 is 0.786 bits per heavy atom. The van der Waals surface area contributed by atoms with Gasteiger partial charge in [0, 0.05) is 65.7 Å². The average molecular weight is 370 g/mol. The van der Waals surface area contributed by atoms with Crippen LogP contribution in [0, 0.1) is 0 Å². The second kappa shape index (κ2) is 9.54.